The number of H-pyrrole nitrogens is 1. The summed E-state index contributed by atoms with van der Waals surface area (Å²) in [5.41, 5.74) is 4.13. The number of aliphatic hydroxyl groups is 1. The summed E-state index contributed by atoms with van der Waals surface area (Å²) in [6.45, 7) is 10.1. The van der Waals surface area contributed by atoms with E-state index in [1.54, 1.807) is 24.3 Å². The zero-order chi connectivity index (χ0) is 25.8. The van der Waals surface area contributed by atoms with Crippen LogP contribution >= 0.6 is 22.9 Å². The fraction of sp³-hybridized carbons (Fsp3) is 0.357. The molecule has 0 aliphatic heterocycles. The van der Waals surface area contributed by atoms with Crippen molar-refractivity contribution in [3.63, 3.8) is 0 Å². The van der Waals surface area contributed by atoms with Gasteiger partial charge in [0.1, 0.15) is 29.1 Å². The van der Waals surface area contributed by atoms with Gasteiger partial charge in [0, 0.05) is 29.1 Å². The molecule has 0 bridgehead atoms. The second kappa shape index (κ2) is 11.6. The number of aromatic nitrogens is 2. The van der Waals surface area contributed by atoms with Gasteiger partial charge in [-0.25, -0.2) is 4.98 Å². The highest BCUT2D eigenvalue weighted by atomic mass is 35.5. The zero-order valence-corrected chi connectivity index (χ0v) is 22.6. The third kappa shape index (κ3) is 6.53. The summed E-state index contributed by atoms with van der Waals surface area (Å²) in [7, 11) is 0. The number of ether oxygens (including phenoxy) is 1. The van der Waals surface area contributed by atoms with Gasteiger partial charge in [-0.15, -0.1) is 11.3 Å². The van der Waals surface area contributed by atoms with Crippen LogP contribution < -0.4 is 10.3 Å². The van der Waals surface area contributed by atoms with Crippen LogP contribution in [0.2, 0.25) is 5.02 Å². The Kier molecular flexibility index (Phi) is 8.46. The summed E-state index contributed by atoms with van der Waals surface area (Å²) in [4.78, 5) is 23.8. The molecule has 2 aromatic carbocycles. The summed E-state index contributed by atoms with van der Waals surface area (Å²) in [5, 5.41) is 13.9. The number of aromatic amines is 1. The zero-order valence-electron chi connectivity index (χ0n) is 21.0. The van der Waals surface area contributed by atoms with Gasteiger partial charge >= 0.3 is 0 Å². The molecule has 0 saturated carbocycles. The van der Waals surface area contributed by atoms with E-state index in [-0.39, 0.29) is 12.2 Å². The molecule has 190 valence electrons. The van der Waals surface area contributed by atoms with Crippen LogP contribution in [0.1, 0.15) is 30.8 Å². The van der Waals surface area contributed by atoms with Gasteiger partial charge < -0.3 is 14.8 Å². The number of benzene rings is 2. The van der Waals surface area contributed by atoms with Gasteiger partial charge in [0.2, 0.25) is 0 Å². The number of hydrogen-bond acceptors (Lipinski definition) is 6. The molecule has 1 atom stereocenters. The van der Waals surface area contributed by atoms with Crippen LogP contribution in [-0.2, 0) is 6.54 Å². The molecule has 2 heterocycles. The van der Waals surface area contributed by atoms with Gasteiger partial charge in [-0.05, 0) is 55.2 Å². The van der Waals surface area contributed by atoms with E-state index in [1.807, 2.05) is 5.38 Å². The Hall–Kier alpha value is -2.71. The number of nitrogens with zero attached hydrogens (tertiary/aromatic N) is 2. The lowest BCUT2D eigenvalue weighted by Gasteiger charge is -2.26. The Labute approximate surface area is 220 Å². The number of fused-ring (bicyclic) bond motifs is 1. The van der Waals surface area contributed by atoms with Crippen molar-refractivity contribution in [2.45, 2.75) is 40.3 Å². The van der Waals surface area contributed by atoms with E-state index in [0.717, 1.165) is 33.6 Å². The lowest BCUT2D eigenvalue weighted by atomic mass is 9.99. The van der Waals surface area contributed by atoms with Crippen LogP contribution in [0.3, 0.4) is 0 Å². The second-order valence-corrected chi connectivity index (χ2v) is 11.0. The molecule has 2 aromatic heterocycles. The van der Waals surface area contributed by atoms with Crippen molar-refractivity contribution in [1.82, 2.24) is 14.9 Å². The first kappa shape index (κ1) is 26.4. The van der Waals surface area contributed by atoms with Crippen LogP contribution in [0.15, 0.2) is 52.6 Å². The molecular weight excluding hydrogens is 494 g/mol. The van der Waals surface area contributed by atoms with Gasteiger partial charge in [-0.1, -0.05) is 49.2 Å². The molecule has 4 aromatic rings. The molecule has 36 heavy (non-hydrogen) atoms. The lowest BCUT2D eigenvalue weighted by Crippen LogP contribution is -2.38. The molecule has 6 nitrogen and oxygen atoms in total. The minimum absolute atomic E-state index is 0.136. The van der Waals surface area contributed by atoms with E-state index in [4.69, 9.17) is 21.3 Å². The highest BCUT2D eigenvalue weighted by molar-refractivity contribution is 7.17. The average Bonchev–Trinajstić information content (AvgIpc) is 3.24. The highest BCUT2D eigenvalue weighted by Gasteiger charge is 2.18. The van der Waals surface area contributed by atoms with Gasteiger partial charge in [0.25, 0.3) is 5.56 Å². The molecular formula is C28H32ClN3O3S. The van der Waals surface area contributed by atoms with Crippen molar-refractivity contribution in [2.75, 3.05) is 19.7 Å². The molecule has 0 aliphatic carbocycles. The molecule has 2 N–H and O–H groups in total. The maximum atomic E-state index is 13.2. The largest absolute Gasteiger partial charge is 0.491 e. The molecule has 0 amide bonds. The van der Waals surface area contributed by atoms with Crippen molar-refractivity contribution >= 4 is 33.2 Å². The summed E-state index contributed by atoms with van der Waals surface area (Å²) >= 11 is 7.40. The maximum absolute atomic E-state index is 13.2. The van der Waals surface area contributed by atoms with Crippen LogP contribution in [-0.4, -0.2) is 45.8 Å². The van der Waals surface area contributed by atoms with Crippen molar-refractivity contribution in [1.29, 1.82) is 0 Å². The normalized spacial score (nSPS) is 12.6. The molecule has 1 unspecified atom stereocenters. The second-order valence-electron chi connectivity index (χ2n) is 9.67. The van der Waals surface area contributed by atoms with Crippen LogP contribution in [0.5, 0.6) is 5.75 Å². The minimum atomic E-state index is -0.701. The molecule has 0 fully saturated rings. The number of rotatable bonds is 10. The summed E-state index contributed by atoms with van der Waals surface area (Å²) in [5.74, 6) is 1.62. The first-order valence-corrected chi connectivity index (χ1v) is 13.3. The molecule has 4 rings (SSSR count). The first-order chi connectivity index (χ1) is 17.2. The van der Waals surface area contributed by atoms with E-state index in [1.165, 1.54) is 11.3 Å². The summed E-state index contributed by atoms with van der Waals surface area (Å²) in [6.07, 6.45) is -0.701. The Morgan fingerprint density at radius 2 is 1.86 bits per heavy atom. The molecule has 0 aliphatic rings. The first-order valence-electron chi connectivity index (χ1n) is 12.1. The SMILES string of the molecule is Cc1ccc(C)c(-c2csc3nc(CN(CC(C)C)CC(O)COc4ccc(Cl)cc4)[nH]c(=O)c23)c1. The minimum Gasteiger partial charge on any atom is -0.491 e. The van der Waals surface area contributed by atoms with E-state index in [2.05, 4.69) is 55.8 Å². The Balaban J connectivity index is 1.51. The smallest absolute Gasteiger partial charge is 0.260 e. The third-order valence-corrected chi connectivity index (χ3v) is 7.02. The van der Waals surface area contributed by atoms with E-state index >= 15 is 0 Å². The van der Waals surface area contributed by atoms with E-state index < -0.39 is 6.10 Å². The molecule has 0 spiro atoms. The van der Waals surface area contributed by atoms with E-state index in [9.17, 15) is 9.90 Å². The topological polar surface area (TPSA) is 78.5 Å². The van der Waals surface area contributed by atoms with Gasteiger partial charge in [-0.2, -0.15) is 0 Å². The van der Waals surface area contributed by atoms with Crippen molar-refractivity contribution < 1.29 is 9.84 Å². The van der Waals surface area contributed by atoms with E-state index in [0.29, 0.717) is 41.0 Å². The number of aryl methyl sites for hydroxylation is 2. The average molecular weight is 526 g/mol. The molecule has 8 heteroatoms. The highest BCUT2D eigenvalue weighted by Crippen LogP contribution is 2.33. The fourth-order valence-corrected chi connectivity index (χ4v) is 5.38. The van der Waals surface area contributed by atoms with Gasteiger partial charge in [0.15, 0.2) is 0 Å². The monoisotopic (exact) mass is 525 g/mol. The molecule has 0 saturated heterocycles. The van der Waals surface area contributed by atoms with Crippen molar-refractivity contribution in [2.24, 2.45) is 5.92 Å². The Morgan fingerprint density at radius 3 is 2.58 bits per heavy atom. The van der Waals surface area contributed by atoms with Gasteiger partial charge in [0.05, 0.1) is 11.9 Å². The van der Waals surface area contributed by atoms with Crippen LogP contribution in [0, 0.1) is 19.8 Å². The Bertz CT molecular complexity index is 1380. The number of nitrogens with one attached hydrogen (secondary N) is 1. The van der Waals surface area contributed by atoms with Crippen LogP contribution in [0.4, 0.5) is 0 Å². The standard InChI is InChI=1S/C28H32ClN3O3S/c1-17(2)12-32(13-21(33)15-35-22-9-7-20(29)8-10-22)14-25-30-27(34)26-24(16-36-28(26)31-25)23-11-18(3)5-6-19(23)4/h5-11,16-17,21,33H,12-15H2,1-4H3,(H,30,31,34). The van der Waals surface area contributed by atoms with Crippen molar-refractivity contribution in [3.05, 3.63) is 80.2 Å². The summed E-state index contributed by atoms with van der Waals surface area (Å²) < 4.78 is 5.71. The van der Waals surface area contributed by atoms with Crippen LogP contribution in [0.25, 0.3) is 21.3 Å². The number of aliphatic hydroxyl groups excluding tert-OH is 1. The number of thiophene rings is 1. The molecule has 0 radical (unpaired) electrons. The number of halogens is 1. The third-order valence-electron chi connectivity index (χ3n) is 5.90. The number of hydrogen-bond donors (Lipinski definition) is 2. The fourth-order valence-electron chi connectivity index (χ4n) is 4.30. The maximum Gasteiger partial charge on any atom is 0.260 e. The van der Waals surface area contributed by atoms with Gasteiger partial charge in [-0.3, -0.25) is 9.69 Å². The quantitative estimate of drug-likeness (QED) is 0.273. The predicted octanol–water partition coefficient (Wildman–Crippen LogP) is 5.82. The lowest BCUT2D eigenvalue weighted by molar-refractivity contribution is 0.0606. The predicted molar refractivity (Wildman–Crippen MR) is 148 cm³/mol. The Morgan fingerprint density at radius 1 is 1.11 bits per heavy atom. The van der Waals surface area contributed by atoms with Crippen molar-refractivity contribution in [3.8, 4) is 16.9 Å². The summed E-state index contributed by atoms with van der Waals surface area (Å²) in [6, 6.07) is 13.3.